The van der Waals surface area contributed by atoms with Crippen molar-refractivity contribution in [2.24, 2.45) is 0 Å². The number of rotatable bonds is 21. The second kappa shape index (κ2) is 19.2. The summed E-state index contributed by atoms with van der Waals surface area (Å²) in [6.45, 7) is 9.21. The summed E-state index contributed by atoms with van der Waals surface area (Å²) in [5.41, 5.74) is 3.88. The number of fused-ring (bicyclic) bond motifs is 1. The Morgan fingerprint density at radius 3 is 1.98 bits per heavy atom. The van der Waals surface area contributed by atoms with Crippen LogP contribution in [-0.4, -0.2) is 79.7 Å². The molecule has 1 fully saturated rings. The van der Waals surface area contributed by atoms with Gasteiger partial charge in [-0.25, -0.2) is 0 Å². The maximum atomic E-state index is 13.3. The smallest absolute Gasteiger partial charge is 0.255 e. The van der Waals surface area contributed by atoms with E-state index in [0.29, 0.717) is 78.2 Å². The number of hydrogen-bond donors (Lipinski definition) is 3. The van der Waals surface area contributed by atoms with Crippen LogP contribution >= 0.6 is 0 Å². The van der Waals surface area contributed by atoms with E-state index in [1.807, 2.05) is 0 Å². The highest BCUT2D eigenvalue weighted by Crippen LogP contribution is 2.27. The topological polar surface area (TPSA) is 143 Å². The number of nitrogens with zero attached hydrogens (tertiary/aromatic N) is 1. The van der Waals surface area contributed by atoms with Gasteiger partial charge in [0.25, 0.3) is 11.8 Å². The Kier molecular flexibility index (Phi) is 14.2. The highest BCUT2D eigenvalue weighted by Gasteiger charge is 2.20. The standard InChI is InChI=1S/C41H50N4O7/c1-3-45(4-2)19-8-5-6-10-37(46)31-22-32(38(47)11-7-9-20-51-27-35-18-21-52-35)24-34(23-31)43-41(50)29-14-12-28(13-15-29)40(49)42-33-17-16-30-25-39(48)44-36(30)26-33/h12-17,22-24,26,35H,3-11,18-21,25,27H2,1-2H3,(H,42,49)(H,43,50)(H,44,48). The quantitative estimate of drug-likeness (QED) is 0.0798. The van der Waals surface area contributed by atoms with E-state index in [-0.39, 0.29) is 29.5 Å². The highest BCUT2D eigenvalue weighted by molar-refractivity contribution is 6.09. The SMILES string of the molecule is CCN(CC)CCCCCC(=O)c1cc(NC(=O)c2ccc(C(=O)Nc3ccc4c(c3)NC(=O)C4)cc2)cc(C(=O)CCCCOCC2CCO2)c1. The first kappa shape index (κ1) is 38.5. The summed E-state index contributed by atoms with van der Waals surface area (Å²) < 4.78 is 11.0. The zero-order chi connectivity index (χ0) is 36.9. The fourth-order valence-electron chi connectivity index (χ4n) is 6.24. The minimum absolute atomic E-state index is 0.0688. The van der Waals surface area contributed by atoms with Gasteiger partial charge in [-0.15, -0.1) is 0 Å². The van der Waals surface area contributed by atoms with Gasteiger partial charge >= 0.3 is 0 Å². The van der Waals surface area contributed by atoms with Crippen LogP contribution in [0.5, 0.6) is 0 Å². The number of ether oxygens (including phenoxy) is 2. The third-order valence-corrected chi connectivity index (χ3v) is 9.55. The fraction of sp³-hybridized carbons (Fsp3) is 0.439. The number of nitrogens with one attached hydrogen (secondary N) is 3. The first-order valence-electron chi connectivity index (χ1n) is 18.5. The lowest BCUT2D eigenvalue weighted by atomic mass is 9.98. The third-order valence-electron chi connectivity index (χ3n) is 9.55. The molecule has 3 N–H and O–H groups in total. The van der Waals surface area contributed by atoms with Crippen LogP contribution in [-0.2, 0) is 20.7 Å². The monoisotopic (exact) mass is 710 g/mol. The molecular formula is C41H50N4O7. The van der Waals surface area contributed by atoms with Crippen LogP contribution in [0.15, 0.2) is 60.7 Å². The van der Waals surface area contributed by atoms with Crippen LogP contribution in [0.1, 0.15) is 112 Å². The van der Waals surface area contributed by atoms with E-state index in [1.54, 1.807) is 60.7 Å². The van der Waals surface area contributed by atoms with Crippen molar-refractivity contribution in [1.29, 1.82) is 0 Å². The number of ketones is 2. The van der Waals surface area contributed by atoms with Crippen molar-refractivity contribution in [3.05, 3.63) is 88.5 Å². The minimum Gasteiger partial charge on any atom is -0.379 e. The average molecular weight is 711 g/mol. The lowest BCUT2D eigenvalue weighted by Gasteiger charge is -2.25. The fourth-order valence-corrected chi connectivity index (χ4v) is 6.24. The molecule has 11 heteroatoms. The number of anilines is 3. The van der Waals surface area contributed by atoms with Crippen LogP contribution < -0.4 is 16.0 Å². The average Bonchev–Trinajstić information content (AvgIpc) is 3.50. The number of benzene rings is 3. The summed E-state index contributed by atoms with van der Waals surface area (Å²) in [6.07, 6.45) is 6.23. The van der Waals surface area contributed by atoms with Crippen LogP contribution in [0.2, 0.25) is 0 Å². The molecule has 2 aliphatic heterocycles. The predicted octanol–water partition coefficient (Wildman–Crippen LogP) is 6.93. The molecule has 1 atom stereocenters. The molecule has 276 valence electrons. The van der Waals surface area contributed by atoms with Gasteiger partial charge in [-0.2, -0.15) is 0 Å². The summed E-state index contributed by atoms with van der Waals surface area (Å²) in [7, 11) is 0. The molecule has 2 aliphatic rings. The molecule has 5 rings (SSSR count). The predicted molar refractivity (Wildman–Crippen MR) is 202 cm³/mol. The molecule has 3 aromatic rings. The maximum absolute atomic E-state index is 13.3. The van der Waals surface area contributed by atoms with Gasteiger partial charge in [-0.1, -0.05) is 26.3 Å². The first-order valence-corrected chi connectivity index (χ1v) is 18.5. The second-order valence-corrected chi connectivity index (χ2v) is 13.4. The third kappa shape index (κ3) is 11.1. The number of unbranched alkanes of at least 4 members (excludes halogenated alkanes) is 3. The Labute approximate surface area is 305 Å². The van der Waals surface area contributed by atoms with Crippen molar-refractivity contribution in [2.75, 3.05) is 55.4 Å². The Morgan fingerprint density at radius 1 is 0.769 bits per heavy atom. The summed E-state index contributed by atoms with van der Waals surface area (Å²) >= 11 is 0. The summed E-state index contributed by atoms with van der Waals surface area (Å²) in [6, 6.07) is 16.3. The van der Waals surface area contributed by atoms with Crippen LogP contribution in [0.3, 0.4) is 0 Å². The van der Waals surface area contributed by atoms with Crippen molar-refractivity contribution in [3.63, 3.8) is 0 Å². The molecule has 1 saturated heterocycles. The lowest BCUT2D eigenvalue weighted by Crippen LogP contribution is -2.31. The molecule has 52 heavy (non-hydrogen) atoms. The molecule has 1 unspecified atom stereocenters. The van der Waals surface area contributed by atoms with Crippen molar-refractivity contribution >= 4 is 46.4 Å². The zero-order valence-corrected chi connectivity index (χ0v) is 30.3. The Hall–Kier alpha value is -4.71. The van der Waals surface area contributed by atoms with E-state index in [2.05, 4.69) is 34.7 Å². The molecule has 3 aromatic carbocycles. The normalized spacial score (nSPS) is 14.8. The van der Waals surface area contributed by atoms with E-state index >= 15 is 0 Å². The lowest BCUT2D eigenvalue weighted by molar-refractivity contribution is -0.115. The number of amides is 3. The number of carbonyl (C=O) groups is 5. The summed E-state index contributed by atoms with van der Waals surface area (Å²) in [4.78, 5) is 66.9. The van der Waals surface area contributed by atoms with Gasteiger partial charge in [0.15, 0.2) is 11.6 Å². The van der Waals surface area contributed by atoms with Crippen molar-refractivity contribution in [2.45, 2.75) is 77.7 Å². The molecule has 0 aromatic heterocycles. The molecule has 11 nitrogen and oxygen atoms in total. The van der Waals surface area contributed by atoms with E-state index in [9.17, 15) is 24.0 Å². The van der Waals surface area contributed by atoms with Crippen LogP contribution in [0.25, 0.3) is 0 Å². The number of Topliss-reactive ketones (excluding diaryl/α,β-unsaturated/α-hetero) is 2. The Morgan fingerprint density at radius 2 is 1.38 bits per heavy atom. The largest absolute Gasteiger partial charge is 0.379 e. The van der Waals surface area contributed by atoms with Gasteiger partial charge in [0.2, 0.25) is 5.91 Å². The van der Waals surface area contributed by atoms with Crippen LogP contribution in [0.4, 0.5) is 17.1 Å². The zero-order valence-electron chi connectivity index (χ0n) is 30.3. The summed E-state index contributed by atoms with van der Waals surface area (Å²) in [5, 5.41) is 8.45. The molecule has 0 aliphatic carbocycles. The van der Waals surface area contributed by atoms with E-state index in [1.165, 1.54) is 0 Å². The van der Waals surface area contributed by atoms with Gasteiger partial charge in [0.05, 0.1) is 19.1 Å². The maximum Gasteiger partial charge on any atom is 0.255 e. The molecule has 0 bridgehead atoms. The van der Waals surface area contributed by atoms with Crippen molar-refractivity contribution in [1.82, 2.24) is 4.90 Å². The Balaban J connectivity index is 1.20. The molecular weight excluding hydrogens is 660 g/mol. The van der Waals surface area contributed by atoms with Gasteiger partial charge in [-0.05, 0) is 112 Å². The van der Waals surface area contributed by atoms with Gasteiger partial charge in [-0.3, -0.25) is 24.0 Å². The minimum atomic E-state index is -0.437. The van der Waals surface area contributed by atoms with E-state index in [0.717, 1.165) is 63.9 Å². The van der Waals surface area contributed by atoms with E-state index < -0.39 is 5.91 Å². The van der Waals surface area contributed by atoms with Crippen molar-refractivity contribution < 1.29 is 33.4 Å². The van der Waals surface area contributed by atoms with Gasteiger partial charge < -0.3 is 30.3 Å². The molecule has 0 radical (unpaired) electrons. The second-order valence-electron chi connectivity index (χ2n) is 13.4. The summed E-state index contributed by atoms with van der Waals surface area (Å²) in [5.74, 6) is -1.06. The van der Waals surface area contributed by atoms with E-state index in [4.69, 9.17) is 9.47 Å². The number of carbonyl (C=O) groups excluding carboxylic acids is 5. The van der Waals surface area contributed by atoms with Gasteiger partial charge in [0.1, 0.15) is 0 Å². The van der Waals surface area contributed by atoms with Crippen molar-refractivity contribution in [3.8, 4) is 0 Å². The number of hydrogen-bond acceptors (Lipinski definition) is 8. The first-order chi connectivity index (χ1) is 25.2. The molecule has 0 saturated carbocycles. The Bertz CT molecular complexity index is 1730. The van der Waals surface area contributed by atoms with Crippen LogP contribution in [0, 0.1) is 0 Å². The molecule has 2 heterocycles. The molecule has 0 spiro atoms. The molecule has 3 amide bonds. The highest BCUT2D eigenvalue weighted by atomic mass is 16.5. The van der Waals surface area contributed by atoms with Gasteiger partial charge in [0, 0.05) is 65.4 Å².